The predicted octanol–water partition coefficient (Wildman–Crippen LogP) is 13.1. The number of nitrogens with zero attached hydrogens (tertiary/aromatic N) is 3. The molecule has 254 valence electrons. The van der Waals surface area contributed by atoms with Crippen molar-refractivity contribution >= 4 is 43.6 Å². The van der Waals surface area contributed by atoms with E-state index in [1.54, 1.807) is 0 Å². The van der Waals surface area contributed by atoms with Crippen LogP contribution in [0.1, 0.15) is 25.0 Å². The Hall–Kier alpha value is -6.91. The van der Waals surface area contributed by atoms with E-state index >= 15 is 0 Å². The molecule has 0 saturated carbocycles. The van der Waals surface area contributed by atoms with Crippen LogP contribution in [0.2, 0.25) is 0 Å². The van der Waals surface area contributed by atoms with Crippen LogP contribution in [0.4, 0.5) is 0 Å². The third-order valence-electron chi connectivity index (χ3n) is 11.3. The molecule has 0 unspecified atom stereocenters. The van der Waals surface area contributed by atoms with Crippen LogP contribution in [0.15, 0.2) is 168 Å². The SMILES string of the molecule is CC1(C)c2ccccc2-c2ccc(-c3nc(-c4ccccc4)cc(-c4ccc(-c5nc6ccccc6c6c5oc5ccccc56)c5ccccc45)n3)cc21. The van der Waals surface area contributed by atoms with Gasteiger partial charge in [-0.05, 0) is 57.3 Å². The summed E-state index contributed by atoms with van der Waals surface area (Å²) in [4.78, 5) is 15.8. The summed E-state index contributed by atoms with van der Waals surface area (Å²) in [6.45, 7) is 4.62. The molecule has 54 heavy (non-hydrogen) atoms. The maximum Gasteiger partial charge on any atom is 0.162 e. The molecule has 0 bridgehead atoms. The highest BCUT2D eigenvalue weighted by Gasteiger charge is 2.35. The van der Waals surface area contributed by atoms with E-state index in [-0.39, 0.29) is 5.41 Å². The Morgan fingerprint density at radius 3 is 1.93 bits per heavy atom. The first-order chi connectivity index (χ1) is 26.5. The standard InChI is InChI=1S/C50H33N3O/c1-50(2)40-21-11-8-18-34(40)35-25-24-31(28-41(35)50)49-52-43(30-14-4-3-5-15-30)29-44(53-49)36-26-27-37(33-17-7-6-16-32(33)36)47-48-46(38-19-9-12-22-42(38)51-47)39-20-10-13-23-45(39)54-48/h3-29H,1-2H3. The normalized spacial score (nSPS) is 13.1. The van der Waals surface area contributed by atoms with Crippen molar-refractivity contribution in [2.45, 2.75) is 19.3 Å². The van der Waals surface area contributed by atoms with Gasteiger partial charge in [-0.3, -0.25) is 0 Å². The molecule has 3 heterocycles. The molecule has 0 radical (unpaired) electrons. The number of para-hydroxylation sites is 2. The molecule has 0 saturated heterocycles. The van der Waals surface area contributed by atoms with E-state index in [4.69, 9.17) is 19.4 Å². The second kappa shape index (κ2) is 11.5. The first-order valence-corrected chi connectivity index (χ1v) is 18.4. The van der Waals surface area contributed by atoms with Crippen LogP contribution in [-0.2, 0) is 5.41 Å². The number of furan rings is 1. The number of hydrogen-bond acceptors (Lipinski definition) is 4. The van der Waals surface area contributed by atoms with Crippen molar-refractivity contribution in [1.29, 1.82) is 0 Å². The Morgan fingerprint density at radius 1 is 0.444 bits per heavy atom. The second-order valence-electron chi connectivity index (χ2n) is 14.7. The molecule has 0 N–H and O–H groups in total. The molecular weight excluding hydrogens is 659 g/mol. The lowest BCUT2D eigenvalue weighted by atomic mass is 9.82. The zero-order chi connectivity index (χ0) is 36.0. The summed E-state index contributed by atoms with van der Waals surface area (Å²) in [5.74, 6) is 0.703. The summed E-state index contributed by atoms with van der Waals surface area (Å²) < 4.78 is 6.62. The minimum absolute atomic E-state index is 0.129. The molecule has 0 atom stereocenters. The summed E-state index contributed by atoms with van der Waals surface area (Å²) in [6, 6.07) is 57.5. The minimum atomic E-state index is -0.129. The van der Waals surface area contributed by atoms with Gasteiger partial charge in [0.15, 0.2) is 11.4 Å². The molecule has 11 rings (SSSR count). The van der Waals surface area contributed by atoms with Crippen LogP contribution in [0, 0.1) is 0 Å². The highest BCUT2D eigenvalue weighted by Crippen LogP contribution is 2.50. The second-order valence-corrected chi connectivity index (χ2v) is 14.7. The lowest BCUT2D eigenvalue weighted by Crippen LogP contribution is -2.15. The van der Waals surface area contributed by atoms with Crippen LogP contribution in [0.5, 0.6) is 0 Å². The van der Waals surface area contributed by atoms with Gasteiger partial charge < -0.3 is 4.42 Å². The first-order valence-electron chi connectivity index (χ1n) is 18.4. The van der Waals surface area contributed by atoms with Gasteiger partial charge in [-0.25, -0.2) is 15.0 Å². The Kier molecular flexibility index (Phi) is 6.56. The van der Waals surface area contributed by atoms with Gasteiger partial charge in [0.1, 0.15) is 11.3 Å². The summed E-state index contributed by atoms with van der Waals surface area (Å²) >= 11 is 0. The van der Waals surface area contributed by atoms with Gasteiger partial charge in [-0.1, -0.05) is 153 Å². The van der Waals surface area contributed by atoms with Gasteiger partial charge in [0.25, 0.3) is 0 Å². The lowest BCUT2D eigenvalue weighted by Gasteiger charge is -2.22. The molecule has 0 amide bonds. The number of rotatable bonds is 4. The molecule has 0 spiro atoms. The van der Waals surface area contributed by atoms with Gasteiger partial charge in [0, 0.05) is 43.8 Å². The summed E-state index contributed by atoms with van der Waals surface area (Å²) in [5.41, 5.74) is 14.4. The van der Waals surface area contributed by atoms with E-state index in [0.29, 0.717) is 5.82 Å². The molecule has 0 aliphatic heterocycles. The van der Waals surface area contributed by atoms with Crippen molar-refractivity contribution in [3.8, 4) is 56.3 Å². The first kappa shape index (κ1) is 30.7. The third kappa shape index (κ3) is 4.53. The molecule has 4 heteroatoms. The van der Waals surface area contributed by atoms with Gasteiger partial charge in [0.05, 0.1) is 16.9 Å². The van der Waals surface area contributed by atoms with Crippen molar-refractivity contribution in [1.82, 2.24) is 15.0 Å². The third-order valence-corrected chi connectivity index (χ3v) is 11.3. The fourth-order valence-electron chi connectivity index (χ4n) is 8.66. The molecule has 7 aromatic carbocycles. The molecule has 4 nitrogen and oxygen atoms in total. The van der Waals surface area contributed by atoms with Gasteiger partial charge in [-0.15, -0.1) is 0 Å². The Labute approximate surface area is 312 Å². The molecule has 3 aromatic heterocycles. The molecule has 10 aromatic rings. The van der Waals surface area contributed by atoms with Crippen LogP contribution < -0.4 is 0 Å². The van der Waals surface area contributed by atoms with Gasteiger partial charge in [-0.2, -0.15) is 0 Å². The molecule has 1 aliphatic rings. The number of fused-ring (bicyclic) bond motifs is 9. The highest BCUT2D eigenvalue weighted by atomic mass is 16.3. The smallest absolute Gasteiger partial charge is 0.162 e. The van der Waals surface area contributed by atoms with Crippen molar-refractivity contribution in [3.63, 3.8) is 0 Å². The molecular formula is C50H33N3O. The largest absolute Gasteiger partial charge is 0.454 e. The van der Waals surface area contributed by atoms with Gasteiger partial charge >= 0.3 is 0 Å². The van der Waals surface area contributed by atoms with Crippen molar-refractivity contribution < 1.29 is 4.42 Å². The number of pyridine rings is 1. The van der Waals surface area contributed by atoms with E-state index in [9.17, 15) is 0 Å². The summed E-state index contributed by atoms with van der Waals surface area (Å²) in [5, 5.41) is 5.44. The Bertz CT molecular complexity index is 3140. The lowest BCUT2D eigenvalue weighted by molar-refractivity contribution is 0.660. The Morgan fingerprint density at radius 2 is 1.07 bits per heavy atom. The maximum absolute atomic E-state index is 6.62. The van der Waals surface area contributed by atoms with Crippen LogP contribution in [-0.4, -0.2) is 15.0 Å². The van der Waals surface area contributed by atoms with E-state index in [2.05, 4.69) is 153 Å². The summed E-state index contributed by atoms with van der Waals surface area (Å²) in [6.07, 6.45) is 0. The average Bonchev–Trinajstić information content (AvgIpc) is 3.73. The fourth-order valence-corrected chi connectivity index (χ4v) is 8.66. The molecule has 0 fully saturated rings. The zero-order valence-electron chi connectivity index (χ0n) is 29.8. The number of hydrogen-bond donors (Lipinski definition) is 0. The van der Waals surface area contributed by atoms with E-state index in [1.165, 1.54) is 22.3 Å². The van der Waals surface area contributed by atoms with Crippen LogP contribution in [0.25, 0.3) is 99.9 Å². The van der Waals surface area contributed by atoms with Gasteiger partial charge in [0.2, 0.25) is 0 Å². The average molecular weight is 692 g/mol. The highest BCUT2D eigenvalue weighted by molar-refractivity contribution is 6.22. The van der Waals surface area contributed by atoms with Crippen LogP contribution >= 0.6 is 0 Å². The number of aromatic nitrogens is 3. The van der Waals surface area contributed by atoms with E-state index in [0.717, 1.165) is 82.9 Å². The number of benzene rings is 7. The zero-order valence-corrected chi connectivity index (χ0v) is 29.8. The monoisotopic (exact) mass is 691 g/mol. The van der Waals surface area contributed by atoms with Crippen molar-refractivity contribution in [2.75, 3.05) is 0 Å². The van der Waals surface area contributed by atoms with Crippen LogP contribution in [0.3, 0.4) is 0 Å². The molecule has 1 aliphatic carbocycles. The predicted molar refractivity (Wildman–Crippen MR) is 221 cm³/mol. The topological polar surface area (TPSA) is 51.8 Å². The quantitative estimate of drug-likeness (QED) is 0.184. The van der Waals surface area contributed by atoms with E-state index in [1.807, 2.05) is 24.3 Å². The van der Waals surface area contributed by atoms with Crippen molar-refractivity contribution in [2.24, 2.45) is 0 Å². The summed E-state index contributed by atoms with van der Waals surface area (Å²) in [7, 11) is 0. The maximum atomic E-state index is 6.62. The fraction of sp³-hybridized carbons (Fsp3) is 0.0600. The van der Waals surface area contributed by atoms with Crippen molar-refractivity contribution in [3.05, 3.63) is 175 Å². The minimum Gasteiger partial charge on any atom is -0.454 e. The van der Waals surface area contributed by atoms with E-state index < -0.39 is 0 Å². The Balaban J connectivity index is 1.13.